The lowest BCUT2D eigenvalue weighted by atomic mass is 9.66. The fourth-order valence-corrected chi connectivity index (χ4v) is 5.28. The fraction of sp³-hybridized carbons (Fsp3) is 0.444. The second-order valence-electron chi connectivity index (χ2n) is 10.2. The van der Waals surface area contributed by atoms with Crippen molar-refractivity contribution in [1.29, 1.82) is 0 Å². The normalized spacial score (nSPS) is 20.1. The number of piperidine rings is 1. The molecule has 2 atom stereocenters. The number of benzene rings is 2. The number of nitrogens with zero attached hydrogens (tertiary/aromatic N) is 1. The smallest absolute Gasteiger partial charge is 0.337 e. The average molecular weight is 580 g/mol. The van der Waals surface area contributed by atoms with Gasteiger partial charge in [0.1, 0.15) is 6.04 Å². The lowest BCUT2D eigenvalue weighted by Gasteiger charge is -2.51. The molecule has 1 heterocycles. The zero-order chi connectivity index (χ0) is 26.8. The van der Waals surface area contributed by atoms with Crippen molar-refractivity contribution in [3.05, 3.63) is 68.7 Å². The van der Waals surface area contributed by atoms with Gasteiger partial charge in [0.2, 0.25) is 5.91 Å². The third kappa shape index (κ3) is 5.76. The molecule has 2 amide bonds. The number of nitrogens with one attached hydrogen (secondary N) is 1. The Morgan fingerprint density at radius 2 is 1.72 bits per heavy atom. The Morgan fingerprint density at radius 3 is 2.28 bits per heavy atom. The first-order valence-electron chi connectivity index (χ1n) is 11.8. The molecule has 2 aromatic rings. The number of halogens is 2. The fourth-order valence-electron chi connectivity index (χ4n) is 4.66. The summed E-state index contributed by atoms with van der Waals surface area (Å²) in [6.45, 7) is 8.24. The lowest BCUT2D eigenvalue weighted by molar-refractivity contribution is -0.155. The van der Waals surface area contributed by atoms with Crippen LogP contribution in [0.2, 0.25) is 5.02 Å². The summed E-state index contributed by atoms with van der Waals surface area (Å²) in [4.78, 5) is 40.4. The van der Waals surface area contributed by atoms with Gasteiger partial charge in [-0.25, -0.2) is 4.79 Å². The molecule has 0 radical (unpaired) electrons. The van der Waals surface area contributed by atoms with Crippen LogP contribution < -0.4 is 5.32 Å². The lowest BCUT2D eigenvalue weighted by Crippen LogP contribution is -2.60. The molecule has 1 aliphatic heterocycles. The van der Waals surface area contributed by atoms with Crippen molar-refractivity contribution in [3.63, 3.8) is 0 Å². The summed E-state index contributed by atoms with van der Waals surface area (Å²) in [5.74, 6) is -1.44. The maximum Gasteiger partial charge on any atom is 0.337 e. The van der Waals surface area contributed by atoms with Crippen molar-refractivity contribution in [2.24, 2.45) is 11.3 Å². The highest BCUT2D eigenvalue weighted by Gasteiger charge is 2.50. The van der Waals surface area contributed by atoms with Gasteiger partial charge in [0.05, 0.1) is 18.3 Å². The summed E-state index contributed by atoms with van der Waals surface area (Å²) < 4.78 is 5.30. The molecule has 0 spiro atoms. The number of likely N-dealkylation sites (tertiary alicyclic amines) is 1. The van der Waals surface area contributed by atoms with Gasteiger partial charge in [0.15, 0.2) is 0 Å². The van der Waals surface area contributed by atoms with Crippen LogP contribution in [0.4, 0.5) is 0 Å². The maximum atomic E-state index is 13.6. The maximum absolute atomic E-state index is 13.6. The summed E-state index contributed by atoms with van der Waals surface area (Å²) in [5.41, 5.74) is -0.567. The first-order chi connectivity index (χ1) is 16.8. The van der Waals surface area contributed by atoms with E-state index in [9.17, 15) is 19.5 Å². The van der Waals surface area contributed by atoms with Crippen LogP contribution in [-0.2, 0) is 15.1 Å². The second-order valence-corrected chi connectivity index (χ2v) is 11.5. The van der Waals surface area contributed by atoms with Gasteiger partial charge in [-0.3, -0.25) is 9.59 Å². The monoisotopic (exact) mass is 578 g/mol. The van der Waals surface area contributed by atoms with Gasteiger partial charge in [0.25, 0.3) is 5.91 Å². The highest BCUT2D eigenvalue weighted by atomic mass is 79.9. The van der Waals surface area contributed by atoms with Crippen LogP contribution in [-0.4, -0.2) is 54.0 Å². The third-order valence-electron chi connectivity index (χ3n) is 6.88. The molecule has 1 aliphatic rings. The number of esters is 1. The van der Waals surface area contributed by atoms with Gasteiger partial charge < -0.3 is 20.1 Å². The van der Waals surface area contributed by atoms with Gasteiger partial charge in [0, 0.05) is 33.6 Å². The number of carbonyl (C=O) groups excluding carboxylic acids is 3. The van der Waals surface area contributed by atoms with Crippen molar-refractivity contribution in [2.45, 2.75) is 45.8 Å². The number of amides is 2. The molecule has 36 heavy (non-hydrogen) atoms. The first kappa shape index (κ1) is 28.2. The van der Waals surface area contributed by atoms with Gasteiger partial charge >= 0.3 is 5.97 Å². The minimum absolute atomic E-state index is 0.186. The van der Waals surface area contributed by atoms with Crippen LogP contribution in [0.25, 0.3) is 0 Å². The summed E-state index contributed by atoms with van der Waals surface area (Å²) in [5, 5.41) is 15.1. The topological polar surface area (TPSA) is 95.9 Å². The van der Waals surface area contributed by atoms with Crippen molar-refractivity contribution in [1.82, 2.24) is 10.2 Å². The van der Waals surface area contributed by atoms with E-state index in [1.807, 2.05) is 39.8 Å². The minimum Gasteiger partial charge on any atom is -0.465 e. The van der Waals surface area contributed by atoms with E-state index in [-0.39, 0.29) is 23.0 Å². The third-order valence-corrected chi connectivity index (χ3v) is 7.59. The second kappa shape index (κ2) is 10.9. The molecule has 3 rings (SSSR count). The number of hydrogen-bond acceptors (Lipinski definition) is 5. The Hall–Kier alpha value is -2.42. The van der Waals surface area contributed by atoms with Gasteiger partial charge in [-0.1, -0.05) is 67.4 Å². The molecule has 2 N–H and O–H groups in total. The number of carbonyl (C=O) groups is 3. The first-order valence-corrected chi connectivity index (χ1v) is 12.9. The SMILES string of the molecule is COC(=O)c1cc(Br)cc(C(=O)N[C@@H](C(=O)N2CC[C@](O)(c3ccc(Cl)cc3)C(C)(C)C2)C(C)C)c1. The molecule has 1 fully saturated rings. The number of aliphatic hydroxyl groups is 1. The molecular formula is C27H32BrClN2O5. The van der Waals surface area contributed by atoms with Gasteiger partial charge in [-0.2, -0.15) is 0 Å². The van der Waals surface area contributed by atoms with Crippen LogP contribution in [0.5, 0.6) is 0 Å². The molecule has 0 bridgehead atoms. The van der Waals surface area contributed by atoms with Crippen LogP contribution in [0.1, 0.15) is 60.4 Å². The Morgan fingerprint density at radius 1 is 1.11 bits per heavy atom. The Kier molecular flexibility index (Phi) is 8.53. The summed E-state index contributed by atoms with van der Waals surface area (Å²) >= 11 is 9.35. The van der Waals surface area contributed by atoms with E-state index in [4.69, 9.17) is 16.3 Å². The van der Waals surface area contributed by atoms with Crippen LogP contribution in [0.3, 0.4) is 0 Å². The molecule has 194 valence electrons. The molecule has 0 aromatic heterocycles. The van der Waals surface area contributed by atoms with Crippen molar-refractivity contribution < 1.29 is 24.2 Å². The predicted octanol–water partition coefficient (Wildman–Crippen LogP) is 4.79. The molecule has 1 saturated heterocycles. The van der Waals surface area contributed by atoms with Gasteiger partial charge in [-0.15, -0.1) is 0 Å². The number of methoxy groups -OCH3 is 1. The zero-order valence-corrected chi connectivity index (χ0v) is 23.4. The van der Waals surface area contributed by atoms with Gasteiger partial charge in [-0.05, 0) is 48.2 Å². The Labute approximate surface area is 225 Å². The molecular weight excluding hydrogens is 548 g/mol. The van der Waals surface area contributed by atoms with Crippen molar-refractivity contribution in [2.75, 3.05) is 20.2 Å². The standard InChI is InChI=1S/C27H32BrClN2O5/c1-16(2)22(30-23(32)17-12-18(25(34)36-5)14-20(28)13-17)24(33)31-11-10-27(35,26(3,4)15-31)19-6-8-21(29)9-7-19/h6-9,12-14,16,22,35H,10-11,15H2,1-5H3,(H,30,32)/t22-,27+/m1/s1. The van der Waals surface area contributed by atoms with E-state index in [1.54, 1.807) is 29.2 Å². The molecule has 9 heteroatoms. The van der Waals surface area contributed by atoms with E-state index in [1.165, 1.54) is 13.2 Å². The highest BCUT2D eigenvalue weighted by molar-refractivity contribution is 9.10. The molecule has 0 unspecified atom stereocenters. The van der Waals surface area contributed by atoms with E-state index in [2.05, 4.69) is 21.2 Å². The minimum atomic E-state index is -1.13. The molecule has 2 aromatic carbocycles. The largest absolute Gasteiger partial charge is 0.465 e. The van der Waals surface area contributed by atoms with Crippen LogP contribution in [0, 0.1) is 11.3 Å². The summed E-state index contributed by atoms with van der Waals surface area (Å²) in [6, 6.07) is 10.9. The zero-order valence-electron chi connectivity index (χ0n) is 21.1. The Bertz CT molecular complexity index is 1150. The number of hydrogen-bond donors (Lipinski definition) is 2. The van der Waals surface area contributed by atoms with E-state index in [0.29, 0.717) is 29.0 Å². The number of ether oxygens (including phenoxy) is 1. The highest BCUT2D eigenvalue weighted by Crippen LogP contribution is 2.46. The summed E-state index contributed by atoms with van der Waals surface area (Å²) in [6.07, 6.45) is 0.347. The average Bonchev–Trinajstić information content (AvgIpc) is 2.82. The van der Waals surface area contributed by atoms with E-state index in [0.717, 1.165) is 5.56 Å². The van der Waals surface area contributed by atoms with E-state index >= 15 is 0 Å². The van der Waals surface area contributed by atoms with Crippen molar-refractivity contribution >= 4 is 45.3 Å². The predicted molar refractivity (Wildman–Crippen MR) is 142 cm³/mol. The molecule has 7 nitrogen and oxygen atoms in total. The van der Waals surface area contributed by atoms with Crippen molar-refractivity contribution in [3.8, 4) is 0 Å². The quantitative estimate of drug-likeness (QED) is 0.480. The molecule has 0 aliphatic carbocycles. The number of rotatable bonds is 6. The van der Waals surface area contributed by atoms with Crippen LogP contribution in [0.15, 0.2) is 46.9 Å². The van der Waals surface area contributed by atoms with Crippen LogP contribution >= 0.6 is 27.5 Å². The molecule has 0 saturated carbocycles. The summed E-state index contributed by atoms with van der Waals surface area (Å²) in [7, 11) is 1.27. The Balaban J connectivity index is 1.79. The van der Waals surface area contributed by atoms with E-state index < -0.39 is 28.9 Å².